The summed E-state index contributed by atoms with van der Waals surface area (Å²) in [4.78, 5) is 10.1. The maximum absolute atomic E-state index is 10.1. The highest BCUT2D eigenvalue weighted by Gasteiger charge is 2.09. The van der Waals surface area contributed by atoms with E-state index in [0.29, 0.717) is 19.4 Å². The van der Waals surface area contributed by atoms with Crippen LogP contribution in [0.1, 0.15) is 12.8 Å². The Morgan fingerprint density at radius 3 is 2.67 bits per heavy atom. The van der Waals surface area contributed by atoms with E-state index in [-0.39, 0.29) is 6.15 Å². The lowest BCUT2D eigenvalue weighted by atomic mass is 10.2. The van der Waals surface area contributed by atoms with E-state index in [0.717, 1.165) is 0 Å². The Kier molecular flexibility index (Phi) is 10.2. The lowest BCUT2D eigenvalue weighted by Gasteiger charge is -2.03. The first kappa shape index (κ1) is 14.1. The van der Waals surface area contributed by atoms with Gasteiger partial charge in [-0.15, -0.1) is 0 Å². The molecule has 2 unspecified atom stereocenters. The van der Waals surface area contributed by atoms with Gasteiger partial charge in [0.05, 0.1) is 6.61 Å². The molecule has 0 aliphatic heterocycles. The summed E-state index contributed by atoms with van der Waals surface area (Å²) >= 11 is 0. The number of carboxylic acids is 1. The first-order valence-corrected chi connectivity index (χ1v) is 4.16. The maximum atomic E-state index is 10.1. The Balaban J connectivity index is 0. The van der Waals surface area contributed by atoms with Crippen molar-refractivity contribution in [2.75, 3.05) is 6.61 Å². The van der Waals surface area contributed by atoms with Crippen LogP contribution in [0.15, 0.2) is 0 Å². The molecule has 0 rings (SSSR count). The van der Waals surface area contributed by atoms with Gasteiger partial charge in [-0.05, 0) is 12.8 Å². The number of hydrogen-bond acceptors (Lipinski definition) is 5. The first-order chi connectivity index (χ1) is 5.18. The van der Waals surface area contributed by atoms with E-state index >= 15 is 0 Å². The second kappa shape index (κ2) is 8.67. The Morgan fingerprint density at radius 2 is 2.25 bits per heavy atom. The van der Waals surface area contributed by atoms with E-state index < -0.39 is 20.7 Å². The fourth-order valence-electron chi connectivity index (χ4n) is 0.558. The fraction of sp³-hybridized carbons (Fsp3) is 0.800. The number of nitrogens with two attached hydrogens (primary N) is 1. The van der Waals surface area contributed by atoms with Crippen molar-refractivity contribution in [3.63, 3.8) is 0 Å². The van der Waals surface area contributed by atoms with E-state index in [4.69, 9.17) is 10.8 Å². The fourth-order valence-corrected chi connectivity index (χ4v) is 0.821. The standard InChI is InChI=1S/C5H12NO4P.H3N/c6-4(5(7)8)2-1-3-10-11-9;/h4H,1-3,6,11H2,(H,7,8);1H3. The molecule has 74 valence electrons. The van der Waals surface area contributed by atoms with Crippen molar-refractivity contribution in [1.29, 1.82) is 0 Å². The van der Waals surface area contributed by atoms with Crippen molar-refractivity contribution in [2.45, 2.75) is 18.9 Å². The summed E-state index contributed by atoms with van der Waals surface area (Å²) in [7, 11) is -1.19. The molecule has 0 bridgehead atoms. The molecule has 0 saturated heterocycles. The molecule has 0 aliphatic carbocycles. The van der Waals surface area contributed by atoms with Crippen molar-refractivity contribution in [3.8, 4) is 0 Å². The molecule has 6 nitrogen and oxygen atoms in total. The van der Waals surface area contributed by atoms with E-state index in [1.807, 2.05) is 0 Å². The summed E-state index contributed by atoms with van der Waals surface area (Å²) in [5.41, 5.74) is 5.17. The SMILES string of the molecule is N.NC(CCCO[PH2]=O)C(=O)O. The zero-order valence-corrected chi connectivity index (χ0v) is 7.89. The molecule has 7 heteroatoms. The normalized spacial score (nSPS) is 12.8. The smallest absolute Gasteiger partial charge is 0.320 e. The highest BCUT2D eigenvalue weighted by Crippen LogP contribution is 2.00. The number of aliphatic carboxylic acids is 1. The third-order valence-corrected chi connectivity index (χ3v) is 1.53. The maximum Gasteiger partial charge on any atom is 0.320 e. The molecule has 2 atom stereocenters. The Hall–Kier alpha value is -0.420. The first-order valence-electron chi connectivity index (χ1n) is 3.22. The molecule has 0 radical (unpaired) electrons. The molecule has 0 aromatic rings. The minimum atomic E-state index is -1.19. The van der Waals surface area contributed by atoms with Crippen LogP contribution in [0.25, 0.3) is 0 Å². The largest absolute Gasteiger partial charge is 0.480 e. The van der Waals surface area contributed by atoms with E-state index in [9.17, 15) is 9.36 Å². The van der Waals surface area contributed by atoms with Gasteiger partial charge in [0.25, 0.3) is 0 Å². The van der Waals surface area contributed by atoms with Crippen LogP contribution in [0.5, 0.6) is 0 Å². The summed E-state index contributed by atoms with van der Waals surface area (Å²) in [5, 5.41) is 8.32. The number of carbonyl (C=O) groups is 1. The van der Waals surface area contributed by atoms with Gasteiger partial charge in [-0.3, -0.25) is 9.36 Å². The lowest BCUT2D eigenvalue weighted by Crippen LogP contribution is -2.30. The summed E-state index contributed by atoms with van der Waals surface area (Å²) in [6, 6.07) is -0.833. The van der Waals surface area contributed by atoms with Gasteiger partial charge in [-0.2, -0.15) is 0 Å². The minimum absolute atomic E-state index is 0. The molecule has 12 heavy (non-hydrogen) atoms. The van der Waals surface area contributed by atoms with Gasteiger partial charge in [0.15, 0.2) is 8.69 Å². The Morgan fingerprint density at radius 1 is 1.67 bits per heavy atom. The van der Waals surface area contributed by atoms with Crippen LogP contribution in [-0.2, 0) is 13.9 Å². The average Bonchev–Trinajstić information content (AvgIpc) is 1.97. The molecule has 0 saturated carbocycles. The molecular formula is C5H15N2O4P. The van der Waals surface area contributed by atoms with Crippen molar-refractivity contribution < 1.29 is 19.0 Å². The van der Waals surface area contributed by atoms with Gasteiger partial charge in [0, 0.05) is 0 Å². The monoisotopic (exact) mass is 198 g/mol. The van der Waals surface area contributed by atoms with Gasteiger partial charge in [-0.25, -0.2) is 0 Å². The molecule has 6 N–H and O–H groups in total. The Labute approximate surface area is 72.0 Å². The minimum Gasteiger partial charge on any atom is -0.480 e. The predicted octanol–water partition coefficient (Wildman–Crippen LogP) is 0.0284. The molecule has 0 aromatic heterocycles. The van der Waals surface area contributed by atoms with Gasteiger partial charge in [0.1, 0.15) is 6.04 Å². The number of carboxylic acid groups (broad SMARTS) is 1. The van der Waals surface area contributed by atoms with Crippen LogP contribution >= 0.6 is 8.69 Å². The van der Waals surface area contributed by atoms with E-state index in [2.05, 4.69) is 4.52 Å². The van der Waals surface area contributed by atoms with Gasteiger partial charge in [-0.1, -0.05) is 0 Å². The van der Waals surface area contributed by atoms with Crippen LogP contribution in [0, 0.1) is 0 Å². The predicted molar refractivity (Wildman–Crippen MR) is 46.2 cm³/mol. The van der Waals surface area contributed by atoms with Crippen molar-refractivity contribution in [1.82, 2.24) is 6.15 Å². The molecular weight excluding hydrogens is 183 g/mol. The molecule has 0 aromatic carbocycles. The Bertz CT molecular complexity index is 143. The summed E-state index contributed by atoms with van der Waals surface area (Å²) in [6.07, 6.45) is 0.886. The average molecular weight is 198 g/mol. The van der Waals surface area contributed by atoms with Crippen molar-refractivity contribution in [2.24, 2.45) is 5.73 Å². The van der Waals surface area contributed by atoms with Crippen molar-refractivity contribution >= 4 is 14.7 Å². The van der Waals surface area contributed by atoms with E-state index in [1.54, 1.807) is 0 Å². The third-order valence-electron chi connectivity index (χ3n) is 1.16. The van der Waals surface area contributed by atoms with Crippen LogP contribution in [0.2, 0.25) is 0 Å². The summed E-state index contributed by atoms with van der Waals surface area (Å²) in [6.45, 7) is 0.319. The van der Waals surface area contributed by atoms with Gasteiger partial charge in [0.2, 0.25) is 0 Å². The lowest BCUT2D eigenvalue weighted by molar-refractivity contribution is -0.138. The molecule has 0 fully saturated rings. The highest BCUT2D eigenvalue weighted by molar-refractivity contribution is 7.17. The second-order valence-electron chi connectivity index (χ2n) is 2.05. The molecule has 0 heterocycles. The van der Waals surface area contributed by atoms with Gasteiger partial charge < -0.3 is 21.5 Å². The quantitative estimate of drug-likeness (QED) is 0.408. The summed E-state index contributed by atoms with van der Waals surface area (Å²) in [5.74, 6) is -1.01. The molecule has 0 spiro atoms. The highest BCUT2D eigenvalue weighted by atomic mass is 31.1. The van der Waals surface area contributed by atoms with Crippen LogP contribution in [0.4, 0.5) is 0 Å². The topological polar surface area (TPSA) is 125 Å². The van der Waals surface area contributed by atoms with Gasteiger partial charge >= 0.3 is 5.97 Å². The zero-order valence-electron chi connectivity index (χ0n) is 6.73. The second-order valence-corrected chi connectivity index (χ2v) is 2.58. The third kappa shape index (κ3) is 7.68. The molecule has 0 amide bonds. The van der Waals surface area contributed by atoms with E-state index in [1.165, 1.54) is 0 Å². The number of hydrogen-bond donors (Lipinski definition) is 3. The zero-order chi connectivity index (χ0) is 8.69. The van der Waals surface area contributed by atoms with Crippen LogP contribution in [0.3, 0.4) is 0 Å². The van der Waals surface area contributed by atoms with Crippen molar-refractivity contribution in [3.05, 3.63) is 0 Å². The van der Waals surface area contributed by atoms with Crippen LogP contribution < -0.4 is 11.9 Å². The molecule has 0 aliphatic rings. The van der Waals surface area contributed by atoms with Crippen LogP contribution in [-0.4, -0.2) is 23.7 Å². The summed E-state index contributed by atoms with van der Waals surface area (Å²) < 4.78 is 14.4. The number of rotatable bonds is 6.